The van der Waals surface area contributed by atoms with Crippen molar-refractivity contribution in [3.05, 3.63) is 34.9 Å². The number of ether oxygens (including phenoxy) is 1. The summed E-state index contributed by atoms with van der Waals surface area (Å²) in [4.78, 5) is 11.5. The third-order valence-electron chi connectivity index (χ3n) is 3.39. The summed E-state index contributed by atoms with van der Waals surface area (Å²) in [6.07, 6.45) is 1.58. The molecule has 0 unspecified atom stereocenters. The van der Waals surface area contributed by atoms with E-state index in [1.54, 1.807) is 6.07 Å². The summed E-state index contributed by atoms with van der Waals surface area (Å²) < 4.78 is 5.25. The third-order valence-corrected chi connectivity index (χ3v) is 3.76. The number of hydrogen-bond donors (Lipinski definition) is 1. The van der Waals surface area contributed by atoms with Crippen LogP contribution in [0, 0.1) is 5.41 Å². The maximum absolute atomic E-state index is 11.5. The summed E-state index contributed by atoms with van der Waals surface area (Å²) in [5, 5.41) is 10.1. The second-order valence-electron chi connectivity index (χ2n) is 4.47. The molecule has 1 heterocycles. The number of carbonyl (C=O) groups is 1. The molecule has 1 aromatic carbocycles. The maximum Gasteiger partial charge on any atom is 0.310 e. The highest BCUT2D eigenvalue weighted by Gasteiger charge is 2.40. The normalized spacial score (nSPS) is 18.9. The van der Waals surface area contributed by atoms with Gasteiger partial charge in [0.05, 0.1) is 5.41 Å². The van der Waals surface area contributed by atoms with Crippen molar-refractivity contribution in [1.82, 2.24) is 0 Å². The zero-order valence-corrected chi connectivity index (χ0v) is 10.2. The van der Waals surface area contributed by atoms with E-state index in [1.165, 1.54) is 0 Å². The quantitative estimate of drug-likeness (QED) is 0.902. The van der Waals surface area contributed by atoms with E-state index >= 15 is 0 Å². The van der Waals surface area contributed by atoms with Gasteiger partial charge in [-0.1, -0.05) is 29.8 Å². The Balaban J connectivity index is 2.24. The average Bonchev–Trinajstić information content (AvgIpc) is 2.33. The van der Waals surface area contributed by atoms with Gasteiger partial charge >= 0.3 is 5.97 Å². The van der Waals surface area contributed by atoms with Gasteiger partial charge in [-0.15, -0.1) is 0 Å². The Hall–Kier alpha value is -1.06. The molecule has 0 atom stereocenters. The highest BCUT2D eigenvalue weighted by atomic mass is 35.5. The SMILES string of the molecule is O=C(O)C1(Cc2ccccc2Cl)CCOCC1. The molecule has 3 nitrogen and oxygen atoms in total. The van der Waals surface area contributed by atoms with E-state index < -0.39 is 11.4 Å². The maximum atomic E-state index is 11.5. The minimum Gasteiger partial charge on any atom is -0.481 e. The Kier molecular flexibility index (Phi) is 3.69. The largest absolute Gasteiger partial charge is 0.481 e. The fourth-order valence-corrected chi connectivity index (χ4v) is 2.44. The molecule has 0 aromatic heterocycles. The minimum absolute atomic E-state index is 0.478. The Morgan fingerprint density at radius 3 is 2.59 bits per heavy atom. The first-order chi connectivity index (χ1) is 8.14. The Morgan fingerprint density at radius 1 is 1.35 bits per heavy atom. The lowest BCUT2D eigenvalue weighted by Gasteiger charge is -2.33. The third kappa shape index (κ3) is 2.61. The molecule has 2 rings (SSSR count). The molecule has 1 aliphatic heterocycles. The Labute approximate surface area is 105 Å². The van der Waals surface area contributed by atoms with Crippen molar-refractivity contribution in [2.24, 2.45) is 5.41 Å². The van der Waals surface area contributed by atoms with Gasteiger partial charge in [-0.2, -0.15) is 0 Å². The molecule has 4 heteroatoms. The van der Waals surface area contributed by atoms with E-state index in [-0.39, 0.29) is 0 Å². The standard InChI is InChI=1S/C13H15ClO3/c14-11-4-2-1-3-10(11)9-13(12(15)16)5-7-17-8-6-13/h1-4H,5-9H2,(H,15,16). The molecule has 0 spiro atoms. The lowest BCUT2D eigenvalue weighted by molar-refractivity contribution is -0.154. The van der Waals surface area contributed by atoms with Gasteiger partial charge < -0.3 is 9.84 Å². The van der Waals surface area contributed by atoms with Crippen molar-refractivity contribution in [2.75, 3.05) is 13.2 Å². The van der Waals surface area contributed by atoms with Crippen LogP contribution in [0.2, 0.25) is 5.02 Å². The van der Waals surface area contributed by atoms with Crippen molar-refractivity contribution in [3.63, 3.8) is 0 Å². The van der Waals surface area contributed by atoms with E-state index in [0.717, 1.165) is 5.56 Å². The van der Waals surface area contributed by atoms with Crippen LogP contribution in [0.5, 0.6) is 0 Å². The van der Waals surface area contributed by atoms with Crippen LogP contribution < -0.4 is 0 Å². The fourth-order valence-electron chi connectivity index (χ4n) is 2.23. The van der Waals surface area contributed by atoms with Gasteiger partial charge in [0.15, 0.2) is 0 Å². The molecule has 0 bridgehead atoms. The number of hydrogen-bond acceptors (Lipinski definition) is 2. The van der Waals surface area contributed by atoms with E-state index in [2.05, 4.69) is 0 Å². The predicted octanol–water partition coefficient (Wildman–Crippen LogP) is 2.76. The van der Waals surface area contributed by atoms with Crippen LogP contribution in [0.25, 0.3) is 0 Å². The number of halogens is 1. The van der Waals surface area contributed by atoms with Crippen LogP contribution in [-0.4, -0.2) is 24.3 Å². The number of rotatable bonds is 3. The number of carboxylic acid groups (broad SMARTS) is 1. The van der Waals surface area contributed by atoms with Crippen LogP contribution in [0.4, 0.5) is 0 Å². The van der Waals surface area contributed by atoms with Gasteiger partial charge in [-0.3, -0.25) is 4.79 Å². The summed E-state index contributed by atoms with van der Waals surface area (Å²) in [6.45, 7) is 1.02. The molecule has 17 heavy (non-hydrogen) atoms. The van der Waals surface area contributed by atoms with Gasteiger partial charge in [-0.05, 0) is 30.9 Å². The van der Waals surface area contributed by atoms with Gasteiger partial charge in [0.25, 0.3) is 0 Å². The average molecular weight is 255 g/mol. The summed E-state index contributed by atoms with van der Waals surface area (Å²) in [5.74, 6) is -0.749. The molecule has 0 radical (unpaired) electrons. The Bertz CT molecular complexity index is 411. The molecule has 92 valence electrons. The first kappa shape index (κ1) is 12.4. The molecule has 0 saturated carbocycles. The van der Waals surface area contributed by atoms with Crippen molar-refractivity contribution in [1.29, 1.82) is 0 Å². The molecule has 1 aliphatic rings. The minimum atomic E-state index is -0.749. The number of benzene rings is 1. The molecule has 1 aromatic rings. The van der Waals surface area contributed by atoms with Crippen molar-refractivity contribution < 1.29 is 14.6 Å². The molecular weight excluding hydrogens is 240 g/mol. The fraction of sp³-hybridized carbons (Fsp3) is 0.462. The van der Waals surface area contributed by atoms with Crippen LogP contribution in [0.1, 0.15) is 18.4 Å². The van der Waals surface area contributed by atoms with E-state index in [1.807, 2.05) is 18.2 Å². The lowest BCUT2D eigenvalue weighted by Crippen LogP contribution is -2.39. The van der Waals surface area contributed by atoms with Gasteiger partial charge in [0.2, 0.25) is 0 Å². The van der Waals surface area contributed by atoms with Gasteiger partial charge in [-0.25, -0.2) is 0 Å². The highest BCUT2D eigenvalue weighted by Crippen LogP contribution is 2.36. The summed E-state index contributed by atoms with van der Waals surface area (Å²) in [5.41, 5.74) is 0.182. The zero-order chi connectivity index (χ0) is 12.3. The summed E-state index contributed by atoms with van der Waals surface area (Å²) in [7, 11) is 0. The van der Waals surface area contributed by atoms with Crippen LogP contribution in [0.3, 0.4) is 0 Å². The van der Waals surface area contributed by atoms with Gasteiger partial charge in [0, 0.05) is 18.2 Å². The van der Waals surface area contributed by atoms with E-state index in [4.69, 9.17) is 16.3 Å². The number of aliphatic carboxylic acids is 1. The van der Waals surface area contributed by atoms with E-state index in [0.29, 0.717) is 37.5 Å². The smallest absolute Gasteiger partial charge is 0.310 e. The second kappa shape index (κ2) is 5.07. The van der Waals surface area contributed by atoms with Crippen LogP contribution in [0.15, 0.2) is 24.3 Å². The molecular formula is C13H15ClO3. The number of carboxylic acids is 1. The Morgan fingerprint density at radius 2 is 2.00 bits per heavy atom. The summed E-state index contributed by atoms with van der Waals surface area (Å²) in [6, 6.07) is 7.42. The first-order valence-corrected chi connectivity index (χ1v) is 6.06. The molecule has 0 aliphatic carbocycles. The van der Waals surface area contributed by atoms with Gasteiger partial charge in [0.1, 0.15) is 0 Å². The second-order valence-corrected chi connectivity index (χ2v) is 4.87. The summed E-state index contributed by atoms with van der Waals surface area (Å²) >= 11 is 6.09. The molecule has 1 N–H and O–H groups in total. The zero-order valence-electron chi connectivity index (χ0n) is 9.49. The van der Waals surface area contributed by atoms with Crippen molar-refractivity contribution >= 4 is 17.6 Å². The first-order valence-electron chi connectivity index (χ1n) is 5.69. The molecule has 1 fully saturated rings. The predicted molar refractivity (Wildman–Crippen MR) is 65.3 cm³/mol. The topological polar surface area (TPSA) is 46.5 Å². The molecule has 1 saturated heterocycles. The monoisotopic (exact) mass is 254 g/mol. The van der Waals surface area contributed by atoms with Crippen molar-refractivity contribution in [3.8, 4) is 0 Å². The van der Waals surface area contributed by atoms with Crippen LogP contribution >= 0.6 is 11.6 Å². The lowest BCUT2D eigenvalue weighted by atomic mass is 9.75. The molecule has 0 amide bonds. The van der Waals surface area contributed by atoms with Crippen molar-refractivity contribution in [2.45, 2.75) is 19.3 Å². The highest BCUT2D eigenvalue weighted by molar-refractivity contribution is 6.31. The van der Waals surface area contributed by atoms with Crippen LogP contribution in [-0.2, 0) is 16.0 Å². The van der Waals surface area contributed by atoms with E-state index in [9.17, 15) is 9.90 Å².